The van der Waals surface area contributed by atoms with Gasteiger partial charge in [0, 0.05) is 17.9 Å². The number of hydrogen-bond acceptors (Lipinski definition) is 5. The van der Waals surface area contributed by atoms with Crippen LogP contribution in [0, 0.1) is 27.7 Å². The normalized spacial score (nSPS) is 10.7. The highest BCUT2D eigenvalue weighted by Crippen LogP contribution is 2.22. The van der Waals surface area contributed by atoms with Crippen LogP contribution in [0.3, 0.4) is 0 Å². The van der Waals surface area contributed by atoms with Crippen LogP contribution >= 0.6 is 11.8 Å². The van der Waals surface area contributed by atoms with Crippen LogP contribution in [-0.2, 0) is 22.6 Å². The largest absolute Gasteiger partial charge is 0.326 e. The number of benzene rings is 2. The van der Waals surface area contributed by atoms with Gasteiger partial charge in [0.05, 0.1) is 12.2 Å². The van der Waals surface area contributed by atoms with Gasteiger partial charge in [0.1, 0.15) is 5.82 Å². The van der Waals surface area contributed by atoms with E-state index in [2.05, 4.69) is 27.4 Å². The highest BCUT2D eigenvalue weighted by Gasteiger charge is 2.17. The number of aryl methyl sites for hydroxylation is 4. The Morgan fingerprint density at radius 2 is 1.70 bits per heavy atom. The summed E-state index contributed by atoms with van der Waals surface area (Å²) in [6.07, 6.45) is 1.79. The van der Waals surface area contributed by atoms with Crippen LogP contribution in [0.2, 0.25) is 0 Å². The molecule has 0 unspecified atom stereocenters. The number of allylic oxidation sites excluding steroid dienone is 1. The van der Waals surface area contributed by atoms with Crippen LogP contribution in [0.1, 0.15) is 28.1 Å². The van der Waals surface area contributed by atoms with Gasteiger partial charge in [-0.05, 0) is 62.1 Å². The average Bonchev–Trinajstić information content (AvgIpc) is 3.13. The molecule has 2 amide bonds. The van der Waals surface area contributed by atoms with Gasteiger partial charge in [-0.3, -0.25) is 9.59 Å². The Balaban J connectivity index is 1.64. The number of amides is 2. The number of hydrogen-bond donors (Lipinski definition) is 2. The van der Waals surface area contributed by atoms with Crippen LogP contribution in [0.5, 0.6) is 0 Å². The Bertz CT molecular complexity index is 1170. The zero-order valence-electron chi connectivity index (χ0n) is 19.4. The summed E-state index contributed by atoms with van der Waals surface area (Å²) >= 11 is 1.28. The number of aromatic nitrogens is 3. The van der Waals surface area contributed by atoms with Gasteiger partial charge in [0.2, 0.25) is 11.8 Å². The number of nitrogens with zero attached hydrogens (tertiary/aromatic N) is 3. The van der Waals surface area contributed by atoms with Gasteiger partial charge in [0.25, 0.3) is 0 Å². The van der Waals surface area contributed by atoms with Crippen molar-refractivity contribution in [2.75, 3.05) is 16.4 Å². The van der Waals surface area contributed by atoms with Crippen molar-refractivity contribution in [3.63, 3.8) is 0 Å². The number of carbonyl (C=O) groups is 2. The Kier molecular flexibility index (Phi) is 8.06. The van der Waals surface area contributed by atoms with E-state index in [4.69, 9.17) is 0 Å². The standard InChI is InChI=1S/C25H29N5O2S/c1-6-12-30-21(14-22(31)26-20-11-10-16(2)19(5)13-20)28-29-25(30)33-15-23(32)27-24-17(3)8-7-9-18(24)4/h6-11,13H,1,12,14-15H2,2-5H3,(H,26,31)(H,27,32). The van der Waals surface area contributed by atoms with Crippen molar-refractivity contribution in [2.24, 2.45) is 0 Å². The van der Waals surface area contributed by atoms with E-state index in [1.165, 1.54) is 17.3 Å². The molecule has 3 aromatic rings. The fraction of sp³-hybridized carbons (Fsp3) is 0.280. The van der Waals surface area contributed by atoms with Gasteiger partial charge >= 0.3 is 0 Å². The summed E-state index contributed by atoms with van der Waals surface area (Å²) in [5, 5.41) is 14.8. The molecule has 8 heteroatoms. The molecular formula is C25H29N5O2S. The third-order valence-corrected chi connectivity index (χ3v) is 6.26. The second-order valence-electron chi connectivity index (χ2n) is 7.93. The van der Waals surface area contributed by atoms with Gasteiger partial charge in [0.15, 0.2) is 5.16 Å². The molecule has 3 rings (SSSR count). The molecular weight excluding hydrogens is 434 g/mol. The van der Waals surface area contributed by atoms with E-state index in [-0.39, 0.29) is 24.0 Å². The molecule has 0 spiro atoms. The summed E-state index contributed by atoms with van der Waals surface area (Å²) in [6.45, 7) is 12.2. The average molecular weight is 464 g/mol. The summed E-state index contributed by atoms with van der Waals surface area (Å²) < 4.78 is 1.81. The Labute approximate surface area is 198 Å². The zero-order chi connectivity index (χ0) is 24.0. The molecule has 0 saturated carbocycles. The van der Waals surface area contributed by atoms with Crippen molar-refractivity contribution >= 4 is 35.0 Å². The first kappa shape index (κ1) is 24.3. The van der Waals surface area contributed by atoms with Crippen LogP contribution in [-0.4, -0.2) is 32.3 Å². The molecule has 2 N–H and O–H groups in total. The van der Waals surface area contributed by atoms with Gasteiger partial charge in [-0.15, -0.1) is 16.8 Å². The van der Waals surface area contributed by atoms with E-state index in [0.717, 1.165) is 28.1 Å². The maximum absolute atomic E-state index is 12.6. The van der Waals surface area contributed by atoms with Crippen molar-refractivity contribution in [3.8, 4) is 0 Å². The lowest BCUT2D eigenvalue weighted by Crippen LogP contribution is -2.18. The molecule has 0 bridgehead atoms. The lowest BCUT2D eigenvalue weighted by molar-refractivity contribution is -0.116. The number of para-hydroxylation sites is 1. The molecule has 0 aliphatic rings. The van der Waals surface area contributed by atoms with Crippen LogP contribution < -0.4 is 10.6 Å². The molecule has 7 nitrogen and oxygen atoms in total. The highest BCUT2D eigenvalue weighted by atomic mass is 32.2. The van der Waals surface area contributed by atoms with Crippen molar-refractivity contribution in [1.29, 1.82) is 0 Å². The number of nitrogens with one attached hydrogen (secondary N) is 2. The molecule has 0 atom stereocenters. The summed E-state index contributed by atoms with van der Waals surface area (Å²) in [5.74, 6) is 0.395. The first-order valence-corrected chi connectivity index (χ1v) is 11.7. The van der Waals surface area contributed by atoms with Gasteiger partial charge in [-0.1, -0.05) is 42.1 Å². The van der Waals surface area contributed by atoms with Crippen LogP contribution in [0.25, 0.3) is 0 Å². The van der Waals surface area contributed by atoms with E-state index >= 15 is 0 Å². The lowest BCUT2D eigenvalue weighted by Gasteiger charge is -2.12. The summed E-state index contributed by atoms with van der Waals surface area (Å²) in [5.41, 5.74) is 5.89. The topological polar surface area (TPSA) is 88.9 Å². The third-order valence-electron chi connectivity index (χ3n) is 5.29. The molecule has 33 heavy (non-hydrogen) atoms. The number of carbonyl (C=O) groups excluding carboxylic acids is 2. The predicted molar refractivity (Wildman–Crippen MR) is 134 cm³/mol. The second-order valence-corrected chi connectivity index (χ2v) is 8.87. The smallest absolute Gasteiger partial charge is 0.234 e. The van der Waals surface area contributed by atoms with E-state index in [9.17, 15) is 9.59 Å². The first-order valence-electron chi connectivity index (χ1n) is 10.7. The van der Waals surface area contributed by atoms with Gasteiger partial charge in [-0.25, -0.2) is 0 Å². The van der Waals surface area contributed by atoms with E-state index in [1.807, 2.05) is 68.7 Å². The minimum Gasteiger partial charge on any atom is -0.326 e. The molecule has 0 radical (unpaired) electrons. The number of rotatable bonds is 9. The Hall–Kier alpha value is -3.39. The molecule has 172 valence electrons. The SMILES string of the molecule is C=CCn1c(CC(=O)Nc2ccc(C)c(C)c2)nnc1SCC(=O)Nc1c(C)cccc1C. The third kappa shape index (κ3) is 6.32. The first-order chi connectivity index (χ1) is 15.8. The van der Waals surface area contributed by atoms with Crippen LogP contribution in [0.4, 0.5) is 11.4 Å². The monoisotopic (exact) mass is 463 g/mol. The number of anilines is 2. The molecule has 1 heterocycles. The Morgan fingerprint density at radius 3 is 2.36 bits per heavy atom. The fourth-order valence-corrected chi connectivity index (χ4v) is 4.12. The van der Waals surface area contributed by atoms with Gasteiger partial charge < -0.3 is 15.2 Å². The molecule has 0 aliphatic carbocycles. The quantitative estimate of drug-likeness (QED) is 0.357. The van der Waals surface area contributed by atoms with E-state index < -0.39 is 0 Å². The summed E-state index contributed by atoms with van der Waals surface area (Å²) in [4.78, 5) is 25.1. The van der Waals surface area contributed by atoms with Crippen molar-refractivity contribution in [2.45, 2.75) is 45.8 Å². The minimum absolute atomic E-state index is 0.0723. The molecule has 0 aliphatic heterocycles. The number of thioether (sulfide) groups is 1. The second kappa shape index (κ2) is 11.0. The van der Waals surface area contributed by atoms with E-state index in [0.29, 0.717) is 17.5 Å². The maximum Gasteiger partial charge on any atom is 0.234 e. The van der Waals surface area contributed by atoms with Crippen molar-refractivity contribution in [3.05, 3.63) is 77.1 Å². The van der Waals surface area contributed by atoms with Crippen molar-refractivity contribution < 1.29 is 9.59 Å². The lowest BCUT2D eigenvalue weighted by atomic mass is 10.1. The molecule has 1 aromatic heterocycles. The van der Waals surface area contributed by atoms with Gasteiger partial charge in [-0.2, -0.15) is 0 Å². The summed E-state index contributed by atoms with van der Waals surface area (Å²) in [7, 11) is 0. The molecule has 0 fully saturated rings. The highest BCUT2D eigenvalue weighted by molar-refractivity contribution is 7.99. The van der Waals surface area contributed by atoms with Crippen LogP contribution in [0.15, 0.2) is 54.2 Å². The fourth-order valence-electron chi connectivity index (χ4n) is 3.35. The van der Waals surface area contributed by atoms with E-state index in [1.54, 1.807) is 6.08 Å². The zero-order valence-corrected chi connectivity index (χ0v) is 20.3. The summed E-state index contributed by atoms with van der Waals surface area (Å²) in [6, 6.07) is 11.7. The molecule has 0 saturated heterocycles. The minimum atomic E-state index is -0.180. The Morgan fingerprint density at radius 1 is 0.970 bits per heavy atom. The predicted octanol–water partition coefficient (Wildman–Crippen LogP) is 4.61. The maximum atomic E-state index is 12.6. The van der Waals surface area contributed by atoms with Crippen molar-refractivity contribution in [1.82, 2.24) is 14.8 Å². The molecule has 2 aromatic carbocycles.